The van der Waals surface area contributed by atoms with Crippen LogP contribution in [0.25, 0.3) is 6.08 Å². The maximum Gasteiger partial charge on any atom is 0.280 e. The first-order valence-electron chi connectivity index (χ1n) is 9.93. The van der Waals surface area contributed by atoms with Crippen LogP contribution in [-0.2, 0) is 4.79 Å². The van der Waals surface area contributed by atoms with Crippen molar-refractivity contribution in [1.29, 1.82) is 0 Å². The van der Waals surface area contributed by atoms with Gasteiger partial charge in [-0.25, -0.2) is 0 Å². The van der Waals surface area contributed by atoms with E-state index < -0.39 is 0 Å². The lowest BCUT2D eigenvalue weighted by Gasteiger charge is -2.45. The van der Waals surface area contributed by atoms with Gasteiger partial charge in [-0.2, -0.15) is 10.1 Å². The number of fused-ring (bicyclic) bond motifs is 1. The molecule has 0 fully saturated rings. The topological polar surface area (TPSA) is 35.9 Å². The van der Waals surface area contributed by atoms with Crippen molar-refractivity contribution in [3.8, 4) is 0 Å². The number of hydrogen-bond donors (Lipinski definition) is 0. The summed E-state index contributed by atoms with van der Waals surface area (Å²) >= 11 is 6.66. The summed E-state index contributed by atoms with van der Waals surface area (Å²) in [6, 6.07) is 13.6. The highest BCUT2D eigenvalue weighted by atomic mass is 35.5. The molecular formula is C24H26ClN3O. The van der Waals surface area contributed by atoms with Crippen LogP contribution in [0.2, 0.25) is 5.02 Å². The van der Waals surface area contributed by atoms with Gasteiger partial charge in [0.2, 0.25) is 0 Å². The third kappa shape index (κ3) is 3.36. The summed E-state index contributed by atoms with van der Waals surface area (Å²) in [4.78, 5) is 15.3. The van der Waals surface area contributed by atoms with Gasteiger partial charge in [-0.3, -0.25) is 4.79 Å². The molecule has 1 atom stereocenters. The number of amides is 1. The number of hydrogen-bond acceptors (Lipinski definition) is 3. The Bertz CT molecular complexity index is 1040. The zero-order valence-corrected chi connectivity index (χ0v) is 18.3. The Morgan fingerprint density at radius 1 is 1.21 bits per heavy atom. The van der Waals surface area contributed by atoms with Gasteiger partial charge in [0, 0.05) is 23.3 Å². The van der Waals surface area contributed by atoms with Crippen LogP contribution < -0.4 is 9.91 Å². The van der Waals surface area contributed by atoms with E-state index >= 15 is 0 Å². The number of benzene rings is 2. The maximum atomic E-state index is 13.0. The zero-order valence-electron chi connectivity index (χ0n) is 17.5. The summed E-state index contributed by atoms with van der Waals surface area (Å²) in [5.41, 5.74) is 5.40. The number of carbonyl (C=O) groups is 1. The van der Waals surface area contributed by atoms with E-state index in [4.69, 9.17) is 11.6 Å². The Hall–Kier alpha value is -2.59. The summed E-state index contributed by atoms with van der Waals surface area (Å²) in [7, 11) is 2.12. The van der Waals surface area contributed by atoms with Crippen LogP contribution in [-0.4, -0.2) is 24.2 Å². The lowest BCUT2D eigenvalue weighted by Crippen LogP contribution is -2.45. The number of rotatable bonds is 2. The van der Waals surface area contributed by atoms with Crippen LogP contribution >= 0.6 is 11.6 Å². The molecule has 0 spiro atoms. The molecule has 1 amide bonds. The van der Waals surface area contributed by atoms with Crippen LogP contribution in [0.3, 0.4) is 0 Å². The molecule has 2 aliphatic heterocycles. The Balaban J connectivity index is 1.74. The molecular weight excluding hydrogens is 382 g/mol. The molecule has 2 aromatic rings. The van der Waals surface area contributed by atoms with Crippen LogP contribution in [0.1, 0.15) is 51.2 Å². The van der Waals surface area contributed by atoms with Crippen molar-refractivity contribution >= 4 is 40.7 Å². The van der Waals surface area contributed by atoms with Crippen LogP contribution in [0.4, 0.5) is 11.4 Å². The highest BCUT2D eigenvalue weighted by molar-refractivity contribution is 6.35. The molecule has 4 nitrogen and oxygen atoms in total. The van der Waals surface area contributed by atoms with Gasteiger partial charge in [0.1, 0.15) is 0 Å². The lowest BCUT2D eigenvalue weighted by atomic mass is 9.80. The van der Waals surface area contributed by atoms with E-state index in [2.05, 4.69) is 43.9 Å². The summed E-state index contributed by atoms with van der Waals surface area (Å²) in [5, 5.41) is 6.56. The van der Waals surface area contributed by atoms with Gasteiger partial charge in [0.15, 0.2) is 0 Å². The smallest absolute Gasteiger partial charge is 0.280 e. The van der Waals surface area contributed by atoms with Gasteiger partial charge in [-0.15, -0.1) is 0 Å². The number of carbonyl (C=O) groups excluding carboxylic acids is 1. The zero-order chi connectivity index (χ0) is 20.9. The first-order valence-corrected chi connectivity index (χ1v) is 10.3. The second-order valence-electron chi connectivity index (χ2n) is 8.61. The van der Waals surface area contributed by atoms with Gasteiger partial charge < -0.3 is 4.90 Å². The molecule has 0 aromatic heterocycles. The van der Waals surface area contributed by atoms with E-state index in [1.54, 1.807) is 0 Å². The molecule has 0 saturated heterocycles. The SMILES string of the molecule is CC1=NN(c2ccccc2)C(=O)/C1=C/c1cc2c(cc1Cl)N(C)C(C)(C)C[C@@H]2C. The molecule has 2 aliphatic rings. The van der Waals surface area contributed by atoms with Gasteiger partial charge >= 0.3 is 0 Å². The van der Waals surface area contributed by atoms with E-state index in [1.165, 1.54) is 10.6 Å². The Morgan fingerprint density at radius 2 is 1.90 bits per heavy atom. The van der Waals surface area contributed by atoms with E-state index in [1.807, 2.05) is 49.4 Å². The minimum absolute atomic E-state index is 0.0799. The summed E-state index contributed by atoms with van der Waals surface area (Å²) in [6.45, 7) is 8.62. The number of hydrazone groups is 1. The van der Waals surface area contributed by atoms with Crippen LogP contribution in [0.5, 0.6) is 0 Å². The lowest BCUT2D eigenvalue weighted by molar-refractivity contribution is -0.114. The minimum Gasteiger partial charge on any atom is -0.369 e. The molecule has 0 unspecified atom stereocenters. The molecule has 29 heavy (non-hydrogen) atoms. The quantitative estimate of drug-likeness (QED) is 0.584. The van der Waals surface area contributed by atoms with E-state index in [9.17, 15) is 4.79 Å². The third-order valence-corrected chi connectivity index (χ3v) is 6.44. The first kappa shape index (κ1) is 19.7. The minimum atomic E-state index is -0.131. The second-order valence-corrected chi connectivity index (χ2v) is 9.01. The van der Waals surface area contributed by atoms with Crippen LogP contribution in [0, 0.1) is 0 Å². The average molecular weight is 408 g/mol. The number of nitrogens with zero attached hydrogens (tertiary/aromatic N) is 3. The van der Waals surface area contributed by atoms with Gasteiger partial charge in [0.25, 0.3) is 5.91 Å². The predicted octanol–water partition coefficient (Wildman–Crippen LogP) is 5.87. The molecule has 0 N–H and O–H groups in total. The first-order chi connectivity index (χ1) is 13.7. The molecule has 0 bridgehead atoms. The standard InChI is InChI=1S/C24H26ClN3O/c1-15-14-24(3,4)27(5)22-13-21(25)17(11-19(15)22)12-20-16(2)26-28(23(20)29)18-9-7-6-8-10-18/h6-13,15H,14H2,1-5H3/b20-12+/t15-/m0/s1. The molecule has 2 heterocycles. The van der Waals surface area contributed by atoms with Crippen LogP contribution in [0.15, 0.2) is 53.1 Å². The summed E-state index contributed by atoms with van der Waals surface area (Å²) in [6.07, 6.45) is 2.94. The molecule has 150 valence electrons. The Labute approximate surface area is 177 Å². The van der Waals surface area contributed by atoms with E-state index in [0.717, 1.165) is 23.4 Å². The summed E-state index contributed by atoms with van der Waals surface area (Å²) < 4.78 is 0. The van der Waals surface area contributed by atoms with Crippen molar-refractivity contribution in [1.82, 2.24) is 0 Å². The van der Waals surface area contributed by atoms with Crippen molar-refractivity contribution in [2.24, 2.45) is 5.10 Å². The molecule has 2 aromatic carbocycles. The van der Waals surface area contributed by atoms with Gasteiger partial charge in [-0.05, 0) is 74.6 Å². The van der Waals surface area contributed by atoms with Crippen molar-refractivity contribution in [3.05, 3.63) is 64.2 Å². The highest BCUT2D eigenvalue weighted by Gasteiger charge is 2.35. The largest absolute Gasteiger partial charge is 0.369 e. The monoisotopic (exact) mass is 407 g/mol. The van der Waals surface area contributed by atoms with Gasteiger partial charge in [0.05, 0.1) is 17.0 Å². The van der Waals surface area contributed by atoms with Gasteiger partial charge in [-0.1, -0.05) is 36.7 Å². The molecule has 0 aliphatic carbocycles. The molecule has 0 saturated carbocycles. The number of para-hydroxylation sites is 1. The number of anilines is 2. The average Bonchev–Trinajstić information content (AvgIpc) is 2.96. The van der Waals surface area contributed by atoms with Crippen molar-refractivity contribution in [2.45, 2.75) is 45.6 Å². The summed E-state index contributed by atoms with van der Waals surface area (Å²) in [5.74, 6) is 0.286. The fraction of sp³-hybridized carbons (Fsp3) is 0.333. The van der Waals surface area contributed by atoms with E-state index in [0.29, 0.717) is 22.2 Å². The number of halogens is 1. The third-order valence-electron chi connectivity index (χ3n) is 6.12. The predicted molar refractivity (Wildman–Crippen MR) is 122 cm³/mol. The Kier molecular flexibility index (Phi) is 4.78. The van der Waals surface area contributed by atoms with Crippen molar-refractivity contribution < 1.29 is 4.79 Å². The fourth-order valence-corrected chi connectivity index (χ4v) is 4.51. The fourth-order valence-electron chi connectivity index (χ4n) is 4.30. The second kappa shape index (κ2) is 7.03. The van der Waals surface area contributed by atoms with E-state index in [-0.39, 0.29) is 11.4 Å². The molecule has 0 radical (unpaired) electrons. The molecule has 4 rings (SSSR count). The maximum absolute atomic E-state index is 13.0. The highest BCUT2D eigenvalue weighted by Crippen LogP contribution is 2.44. The molecule has 5 heteroatoms. The van der Waals surface area contributed by atoms with Crippen molar-refractivity contribution in [2.75, 3.05) is 17.0 Å². The van der Waals surface area contributed by atoms with Crippen molar-refractivity contribution in [3.63, 3.8) is 0 Å². The Morgan fingerprint density at radius 3 is 2.59 bits per heavy atom. The normalized spacial score (nSPS) is 22.1.